The Morgan fingerprint density at radius 3 is 3.10 bits per heavy atom. The topological polar surface area (TPSA) is 66.9 Å². The lowest BCUT2D eigenvalue weighted by Gasteiger charge is -2.33. The first-order valence-corrected chi connectivity index (χ1v) is 8.19. The smallest absolute Gasteiger partial charge is 0.167 e. The van der Waals surface area contributed by atoms with Gasteiger partial charge in [-0.25, -0.2) is 9.97 Å². The van der Waals surface area contributed by atoms with E-state index in [0.29, 0.717) is 6.61 Å². The maximum atomic E-state index is 5.10. The number of aromatic amines is 1. The minimum atomic E-state index is 0.282. The molecule has 7 heteroatoms. The van der Waals surface area contributed by atoms with E-state index in [1.54, 1.807) is 18.4 Å². The number of piperidine rings is 1. The molecule has 1 aliphatic heterocycles. The standard InChI is InChI=1S/C14H21N5OS/c1-10-9-21-13(15-10)7-19-6-4-3-5-11(19)14-16-12(8-20-2)17-18-14/h9,11H,3-8H2,1-2H3,(H,16,17,18). The maximum Gasteiger partial charge on any atom is 0.167 e. The molecule has 0 saturated carbocycles. The van der Waals surface area contributed by atoms with Crippen molar-refractivity contribution in [3.05, 3.63) is 27.7 Å². The van der Waals surface area contributed by atoms with Gasteiger partial charge in [0.05, 0.1) is 12.6 Å². The van der Waals surface area contributed by atoms with Gasteiger partial charge in [0.1, 0.15) is 11.6 Å². The summed E-state index contributed by atoms with van der Waals surface area (Å²) in [6.07, 6.45) is 3.57. The van der Waals surface area contributed by atoms with Crippen molar-refractivity contribution >= 4 is 11.3 Å². The second-order valence-electron chi connectivity index (χ2n) is 5.44. The summed E-state index contributed by atoms with van der Waals surface area (Å²) >= 11 is 1.73. The van der Waals surface area contributed by atoms with Crippen molar-refractivity contribution in [2.45, 2.75) is 45.4 Å². The lowest BCUT2D eigenvalue weighted by molar-refractivity contribution is 0.133. The SMILES string of the molecule is COCc1nc(C2CCCCN2Cc2nc(C)cs2)n[nH]1. The maximum absolute atomic E-state index is 5.10. The van der Waals surface area contributed by atoms with Crippen LogP contribution in [-0.4, -0.2) is 38.7 Å². The summed E-state index contributed by atoms with van der Waals surface area (Å²) in [5, 5.41) is 10.6. The van der Waals surface area contributed by atoms with E-state index in [1.165, 1.54) is 17.8 Å². The number of H-pyrrole nitrogens is 1. The molecule has 3 rings (SSSR count). The molecule has 6 nitrogen and oxygen atoms in total. The third-order valence-electron chi connectivity index (χ3n) is 3.75. The van der Waals surface area contributed by atoms with Gasteiger partial charge in [-0.05, 0) is 26.3 Å². The molecule has 1 saturated heterocycles. The molecule has 114 valence electrons. The van der Waals surface area contributed by atoms with Crippen LogP contribution in [0.4, 0.5) is 0 Å². The zero-order valence-electron chi connectivity index (χ0n) is 12.5. The fraction of sp³-hybridized carbons (Fsp3) is 0.643. The largest absolute Gasteiger partial charge is 0.377 e. The molecular formula is C14H21N5OS. The summed E-state index contributed by atoms with van der Waals surface area (Å²) < 4.78 is 5.10. The minimum Gasteiger partial charge on any atom is -0.377 e. The van der Waals surface area contributed by atoms with Crippen molar-refractivity contribution in [2.75, 3.05) is 13.7 Å². The number of nitrogens with one attached hydrogen (secondary N) is 1. The molecular weight excluding hydrogens is 286 g/mol. The first kappa shape index (κ1) is 14.6. The van der Waals surface area contributed by atoms with E-state index in [2.05, 4.69) is 30.4 Å². The summed E-state index contributed by atoms with van der Waals surface area (Å²) in [6.45, 7) is 4.49. The summed E-state index contributed by atoms with van der Waals surface area (Å²) in [5.41, 5.74) is 1.10. The third kappa shape index (κ3) is 3.48. The van der Waals surface area contributed by atoms with Gasteiger partial charge in [0.25, 0.3) is 0 Å². The number of hydrogen-bond acceptors (Lipinski definition) is 6. The van der Waals surface area contributed by atoms with E-state index in [0.717, 1.165) is 36.9 Å². The molecule has 1 atom stereocenters. The molecule has 1 unspecified atom stereocenters. The Balaban J connectivity index is 1.73. The summed E-state index contributed by atoms with van der Waals surface area (Å²) in [6, 6.07) is 0.282. The number of methoxy groups -OCH3 is 1. The zero-order chi connectivity index (χ0) is 14.7. The van der Waals surface area contributed by atoms with Gasteiger partial charge in [0.2, 0.25) is 0 Å². The average Bonchev–Trinajstić information content (AvgIpc) is 3.10. The van der Waals surface area contributed by atoms with E-state index in [1.807, 2.05) is 6.92 Å². The Kier molecular flexibility index (Phi) is 4.62. The van der Waals surface area contributed by atoms with Crippen molar-refractivity contribution in [3.63, 3.8) is 0 Å². The number of aromatic nitrogens is 4. The number of rotatable bonds is 5. The molecule has 1 fully saturated rings. The second kappa shape index (κ2) is 6.64. The normalized spacial score (nSPS) is 20.0. The van der Waals surface area contributed by atoms with E-state index in [9.17, 15) is 0 Å². The number of likely N-dealkylation sites (tertiary alicyclic amines) is 1. The molecule has 0 aliphatic carbocycles. The van der Waals surface area contributed by atoms with Crippen LogP contribution >= 0.6 is 11.3 Å². The van der Waals surface area contributed by atoms with Gasteiger partial charge in [0, 0.05) is 18.2 Å². The fourth-order valence-electron chi connectivity index (χ4n) is 2.78. The van der Waals surface area contributed by atoms with Crippen LogP contribution in [0.25, 0.3) is 0 Å². The molecule has 0 radical (unpaired) electrons. The molecule has 0 amide bonds. The Bertz CT molecular complexity index is 581. The highest BCUT2D eigenvalue weighted by molar-refractivity contribution is 7.09. The first-order chi connectivity index (χ1) is 10.3. The van der Waals surface area contributed by atoms with Crippen LogP contribution in [0.15, 0.2) is 5.38 Å². The number of ether oxygens (including phenoxy) is 1. The van der Waals surface area contributed by atoms with Gasteiger partial charge in [-0.2, -0.15) is 5.10 Å². The monoisotopic (exact) mass is 307 g/mol. The van der Waals surface area contributed by atoms with E-state index in [4.69, 9.17) is 4.74 Å². The lowest BCUT2D eigenvalue weighted by atomic mass is 10.0. The molecule has 2 aromatic rings. The van der Waals surface area contributed by atoms with Crippen LogP contribution < -0.4 is 0 Å². The van der Waals surface area contributed by atoms with Crippen molar-refractivity contribution < 1.29 is 4.74 Å². The molecule has 1 N–H and O–H groups in total. The van der Waals surface area contributed by atoms with Crippen molar-refractivity contribution in [3.8, 4) is 0 Å². The highest BCUT2D eigenvalue weighted by atomic mass is 32.1. The van der Waals surface area contributed by atoms with Gasteiger partial charge >= 0.3 is 0 Å². The van der Waals surface area contributed by atoms with Crippen LogP contribution in [0.1, 0.15) is 47.7 Å². The average molecular weight is 307 g/mol. The Morgan fingerprint density at radius 1 is 1.43 bits per heavy atom. The number of hydrogen-bond donors (Lipinski definition) is 1. The molecule has 0 spiro atoms. The summed E-state index contributed by atoms with van der Waals surface area (Å²) in [4.78, 5) is 11.6. The Hall–Kier alpha value is -1.31. The van der Waals surface area contributed by atoms with Crippen LogP contribution in [-0.2, 0) is 17.9 Å². The fourth-order valence-corrected chi connectivity index (χ4v) is 3.58. The van der Waals surface area contributed by atoms with Crippen LogP contribution in [0, 0.1) is 6.92 Å². The summed E-state index contributed by atoms with van der Waals surface area (Å²) in [7, 11) is 1.67. The summed E-state index contributed by atoms with van der Waals surface area (Å²) in [5.74, 6) is 1.68. The second-order valence-corrected chi connectivity index (χ2v) is 6.38. The molecule has 1 aliphatic rings. The zero-order valence-corrected chi connectivity index (χ0v) is 13.3. The number of aryl methyl sites for hydroxylation is 1. The van der Waals surface area contributed by atoms with Gasteiger partial charge in [-0.15, -0.1) is 11.3 Å². The first-order valence-electron chi connectivity index (χ1n) is 7.31. The predicted octanol–water partition coefficient (Wildman–Crippen LogP) is 2.44. The molecule has 0 bridgehead atoms. The van der Waals surface area contributed by atoms with Crippen LogP contribution in [0.2, 0.25) is 0 Å². The third-order valence-corrected chi connectivity index (χ3v) is 4.70. The van der Waals surface area contributed by atoms with Crippen molar-refractivity contribution in [1.29, 1.82) is 0 Å². The van der Waals surface area contributed by atoms with Gasteiger partial charge in [0.15, 0.2) is 11.6 Å². The molecule has 21 heavy (non-hydrogen) atoms. The molecule has 3 heterocycles. The lowest BCUT2D eigenvalue weighted by Crippen LogP contribution is -2.33. The highest BCUT2D eigenvalue weighted by Crippen LogP contribution is 2.30. The quantitative estimate of drug-likeness (QED) is 0.919. The number of thiazole rings is 1. The predicted molar refractivity (Wildman–Crippen MR) is 80.9 cm³/mol. The van der Waals surface area contributed by atoms with E-state index < -0.39 is 0 Å². The van der Waals surface area contributed by atoms with E-state index >= 15 is 0 Å². The Morgan fingerprint density at radius 2 is 2.33 bits per heavy atom. The van der Waals surface area contributed by atoms with Crippen molar-refractivity contribution in [2.24, 2.45) is 0 Å². The van der Waals surface area contributed by atoms with Gasteiger partial charge in [-0.1, -0.05) is 6.42 Å². The van der Waals surface area contributed by atoms with Gasteiger partial charge < -0.3 is 4.74 Å². The van der Waals surface area contributed by atoms with E-state index in [-0.39, 0.29) is 6.04 Å². The molecule has 0 aromatic carbocycles. The van der Waals surface area contributed by atoms with Gasteiger partial charge in [-0.3, -0.25) is 10.00 Å². The number of nitrogens with zero attached hydrogens (tertiary/aromatic N) is 4. The minimum absolute atomic E-state index is 0.282. The van der Waals surface area contributed by atoms with Crippen LogP contribution in [0.3, 0.4) is 0 Å². The van der Waals surface area contributed by atoms with Crippen molar-refractivity contribution in [1.82, 2.24) is 25.1 Å². The highest BCUT2D eigenvalue weighted by Gasteiger charge is 2.27. The Labute approximate surface area is 128 Å². The molecule has 2 aromatic heterocycles. The van der Waals surface area contributed by atoms with Crippen LogP contribution in [0.5, 0.6) is 0 Å².